The highest BCUT2D eigenvalue weighted by Gasteiger charge is 2.40. The summed E-state index contributed by atoms with van der Waals surface area (Å²) < 4.78 is 28.7. The van der Waals surface area contributed by atoms with Gasteiger partial charge in [0.2, 0.25) is 5.91 Å². The van der Waals surface area contributed by atoms with E-state index >= 15 is 0 Å². The molecular weight excluding hydrogens is 370 g/mol. The molecule has 1 fully saturated rings. The number of nitrogens with zero attached hydrogens (tertiary/aromatic N) is 3. The van der Waals surface area contributed by atoms with Crippen LogP contribution >= 0.6 is 11.3 Å². The predicted octanol–water partition coefficient (Wildman–Crippen LogP) is 2.32. The summed E-state index contributed by atoms with van der Waals surface area (Å²) in [6, 6.07) is 10.4. The number of amides is 1. The summed E-state index contributed by atoms with van der Waals surface area (Å²) in [6.45, 7) is 1.19. The van der Waals surface area contributed by atoms with E-state index in [4.69, 9.17) is 0 Å². The smallest absolute Gasteiger partial charge is 0.285 e. The molecule has 8 heteroatoms. The molecule has 1 amide bonds. The third-order valence-corrected chi connectivity index (χ3v) is 6.96. The Bertz CT molecular complexity index is 967. The van der Waals surface area contributed by atoms with Crippen molar-refractivity contribution in [3.05, 3.63) is 52.2 Å². The third-order valence-electron chi connectivity index (χ3n) is 4.77. The molecule has 26 heavy (non-hydrogen) atoms. The van der Waals surface area contributed by atoms with Crippen LogP contribution in [0.2, 0.25) is 0 Å². The minimum Gasteiger partial charge on any atom is -0.343 e. The van der Waals surface area contributed by atoms with Gasteiger partial charge < -0.3 is 9.80 Å². The summed E-state index contributed by atoms with van der Waals surface area (Å²) in [4.78, 5) is 17.9. The highest BCUT2D eigenvalue weighted by atomic mass is 32.2. The van der Waals surface area contributed by atoms with Crippen LogP contribution in [-0.4, -0.2) is 49.6 Å². The van der Waals surface area contributed by atoms with E-state index in [1.807, 2.05) is 22.4 Å². The predicted molar refractivity (Wildman–Crippen MR) is 101 cm³/mol. The number of fused-ring (bicyclic) bond motifs is 1. The van der Waals surface area contributed by atoms with Crippen LogP contribution < -0.4 is 0 Å². The number of carbonyl (C=O) groups is 1. The van der Waals surface area contributed by atoms with E-state index in [0.717, 1.165) is 11.3 Å². The molecule has 1 atom stereocenters. The van der Waals surface area contributed by atoms with Crippen LogP contribution in [0, 0.1) is 0 Å². The number of benzene rings is 1. The lowest BCUT2D eigenvalue weighted by Crippen LogP contribution is -2.46. The van der Waals surface area contributed by atoms with Gasteiger partial charge in [0.25, 0.3) is 10.0 Å². The standard InChI is InChI=1S/C18H19N3O3S2/c1-20(12-13-6-5-11-25-13)18(22)15-8-4-10-21(15)17-14-7-2-3-9-16(14)26(23,24)19-17/h2-3,5-7,9,11,15H,4,8,10,12H2,1H3/t15-/m0/s1. The molecule has 4 rings (SSSR count). The van der Waals surface area contributed by atoms with Crippen LogP contribution in [-0.2, 0) is 21.4 Å². The highest BCUT2D eigenvalue weighted by molar-refractivity contribution is 7.90. The highest BCUT2D eigenvalue weighted by Crippen LogP contribution is 2.31. The molecule has 1 saturated heterocycles. The van der Waals surface area contributed by atoms with Crippen molar-refractivity contribution < 1.29 is 13.2 Å². The largest absolute Gasteiger partial charge is 0.343 e. The summed E-state index contributed by atoms with van der Waals surface area (Å²) in [5.41, 5.74) is 0.591. The molecule has 136 valence electrons. The Morgan fingerprint density at radius 2 is 2.12 bits per heavy atom. The number of hydrogen-bond acceptors (Lipinski definition) is 5. The van der Waals surface area contributed by atoms with E-state index in [0.29, 0.717) is 30.9 Å². The Hall–Kier alpha value is -2.19. The maximum atomic E-state index is 13.0. The zero-order valence-corrected chi connectivity index (χ0v) is 16.0. The second-order valence-electron chi connectivity index (χ2n) is 6.51. The van der Waals surface area contributed by atoms with E-state index in [1.165, 1.54) is 0 Å². The molecule has 2 aliphatic rings. The van der Waals surface area contributed by atoms with Gasteiger partial charge in [-0.3, -0.25) is 4.79 Å². The van der Waals surface area contributed by atoms with E-state index in [1.54, 1.807) is 47.5 Å². The van der Waals surface area contributed by atoms with Crippen molar-refractivity contribution in [2.75, 3.05) is 13.6 Å². The Morgan fingerprint density at radius 3 is 2.88 bits per heavy atom. The molecule has 6 nitrogen and oxygen atoms in total. The second-order valence-corrected chi connectivity index (χ2v) is 9.12. The van der Waals surface area contributed by atoms with E-state index in [-0.39, 0.29) is 16.8 Å². The lowest BCUT2D eigenvalue weighted by Gasteiger charge is -2.29. The maximum Gasteiger partial charge on any atom is 0.285 e. The van der Waals surface area contributed by atoms with Gasteiger partial charge in [-0.15, -0.1) is 15.7 Å². The minimum atomic E-state index is -3.68. The zero-order valence-electron chi connectivity index (χ0n) is 14.3. The number of hydrogen-bond donors (Lipinski definition) is 0. The van der Waals surface area contributed by atoms with E-state index in [2.05, 4.69) is 4.40 Å². The van der Waals surface area contributed by atoms with E-state index in [9.17, 15) is 13.2 Å². The molecule has 0 aliphatic carbocycles. The van der Waals surface area contributed by atoms with Gasteiger partial charge in [0.05, 0.1) is 6.54 Å². The first kappa shape index (κ1) is 17.2. The normalized spacial score (nSPS) is 20.7. The van der Waals surface area contributed by atoms with Gasteiger partial charge in [-0.1, -0.05) is 18.2 Å². The van der Waals surface area contributed by atoms with Crippen LogP contribution in [0.25, 0.3) is 0 Å². The molecule has 0 unspecified atom stereocenters. The summed E-state index contributed by atoms with van der Waals surface area (Å²) >= 11 is 1.62. The average Bonchev–Trinajstić information content (AvgIpc) is 3.34. The van der Waals surface area contributed by atoms with Crippen molar-refractivity contribution in [1.29, 1.82) is 0 Å². The number of thiophene rings is 1. The van der Waals surface area contributed by atoms with Crippen LogP contribution in [0.3, 0.4) is 0 Å². The summed E-state index contributed by atoms with van der Waals surface area (Å²) in [6.07, 6.45) is 1.54. The Kier molecular flexibility index (Phi) is 4.32. The van der Waals surface area contributed by atoms with Crippen molar-refractivity contribution in [2.24, 2.45) is 4.40 Å². The number of amidine groups is 1. The molecule has 0 radical (unpaired) electrons. The van der Waals surface area contributed by atoms with Crippen molar-refractivity contribution in [3.8, 4) is 0 Å². The van der Waals surface area contributed by atoms with Crippen molar-refractivity contribution in [1.82, 2.24) is 9.80 Å². The fourth-order valence-electron chi connectivity index (χ4n) is 3.54. The van der Waals surface area contributed by atoms with Gasteiger partial charge in [-0.2, -0.15) is 8.42 Å². The summed E-state index contributed by atoms with van der Waals surface area (Å²) in [7, 11) is -1.89. The monoisotopic (exact) mass is 389 g/mol. The van der Waals surface area contributed by atoms with Gasteiger partial charge in [-0.25, -0.2) is 0 Å². The van der Waals surface area contributed by atoms with Gasteiger partial charge in [-0.05, 0) is 36.4 Å². The molecule has 3 heterocycles. The van der Waals surface area contributed by atoms with Crippen molar-refractivity contribution in [3.63, 3.8) is 0 Å². The number of sulfonamides is 1. The molecule has 0 N–H and O–H groups in total. The van der Waals surface area contributed by atoms with Gasteiger partial charge >= 0.3 is 0 Å². The van der Waals surface area contributed by atoms with Gasteiger partial charge in [0.15, 0.2) is 5.84 Å². The van der Waals surface area contributed by atoms with Gasteiger partial charge in [0, 0.05) is 24.0 Å². The molecule has 1 aromatic heterocycles. The zero-order chi connectivity index (χ0) is 18.3. The third kappa shape index (κ3) is 2.93. The lowest BCUT2D eigenvalue weighted by atomic mass is 10.1. The SMILES string of the molecule is CN(Cc1cccs1)C(=O)[C@@H]1CCCN1C1=NS(=O)(=O)c2ccccc21. The van der Waals surface area contributed by atoms with Crippen LogP contribution in [0.15, 0.2) is 51.1 Å². The number of likely N-dealkylation sites (N-methyl/N-ethyl adjacent to an activating group) is 1. The molecule has 2 aliphatic heterocycles. The first-order valence-corrected chi connectivity index (χ1v) is 10.8. The maximum absolute atomic E-state index is 13.0. The lowest BCUT2D eigenvalue weighted by molar-refractivity contribution is -0.134. The quantitative estimate of drug-likeness (QED) is 0.808. The van der Waals surface area contributed by atoms with Crippen LogP contribution in [0.1, 0.15) is 23.3 Å². The van der Waals surface area contributed by atoms with Gasteiger partial charge in [0.1, 0.15) is 10.9 Å². The first-order valence-electron chi connectivity index (χ1n) is 8.46. The number of rotatable bonds is 3. The van der Waals surface area contributed by atoms with Crippen molar-refractivity contribution >= 4 is 33.1 Å². The molecule has 1 aromatic carbocycles. The van der Waals surface area contributed by atoms with E-state index < -0.39 is 10.0 Å². The first-order chi connectivity index (χ1) is 12.5. The molecule has 2 aromatic rings. The number of carbonyl (C=O) groups excluding carboxylic acids is 1. The molecule has 0 spiro atoms. The fraction of sp³-hybridized carbons (Fsp3) is 0.333. The number of likely N-dealkylation sites (tertiary alicyclic amines) is 1. The second kappa shape index (κ2) is 6.51. The average molecular weight is 390 g/mol. The van der Waals surface area contributed by atoms with Crippen LogP contribution in [0.5, 0.6) is 0 Å². The molecule has 0 bridgehead atoms. The fourth-order valence-corrected chi connectivity index (χ4v) is 5.52. The molecule has 0 saturated carbocycles. The Labute approximate surface area is 156 Å². The summed E-state index contributed by atoms with van der Waals surface area (Å²) in [5, 5.41) is 1.99. The topological polar surface area (TPSA) is 70.1 Å². The summed E-state index contributed by atoms with van der Waals surface area (Å²) in [5.74, 6) is 0.404. The van der Waals surface area contributed by atoms with Crippen LogP contribution in [0.4, 0.5) is 0 Å². The Morgan fingerprint density at radius 1 is 1.31 bits per heavy atom. The minimum absolute atomic E-state index is 0.000351. The van der Waals surface area contributed by atoms with Crippen molar-refractivity contribution in [2.45, 2.75) is 30.3 Å². The molecular formula is C18H19N3O3S2. The Balaban J connectivity index is 1.60.